The van der Waals surface area contributed by atoms with Crippen LogP contribution in [-0.2, 0) is 0 Å². The van der Waals surface area contributed by atoms with Gasteiger partial charge in [-0.15, -0.1) is 0 Å². The molecule has 4 rings (SSSR count). The Bertz CT molecular complexity index is 1030. The first-order valence-corrected chi connectivity index (χ1v) is 8.26. The van der Waals surface area contributed by atoms with Gasteiger partial charge in [0.1, 0.15) is 0 Å². The molecule has 0 unspecified atom stereocenters. The van der Waals surface area contributed by atoms with Gasteiger partial charge in [-0.1, -0.05) is 72.8 Å². The standard InChI is InChI=1S/C23H19N/c1-16-9-3-6-12-19(16)22-15-18-11-5-8-14-21(18)23(24-22)20-13-7-4-10-17(20)2/h3-15H,1-2H3. The summed E-state index contributed by atoms with van der Waals surface area (Å²) in [5.41, 5.74) is 6.98. The van der Waals surface area contributed by atoms with E-state index in [-0.39, 0.29) is 0 Å². The van der Waals surface area contributed by atoms with Gasteiger partial charge in [0.2, 0.25) is 0 Å². The predicted octanol–water partition coefficient (Wildman–Crippen LogP) is 6.19. The smallest absolute Gasteiger partial charge is 0.0790 e. The molecule has 0 fully saturated rings. The zero-order chi connectivity index (χ0) is 16.5. The van der Waals surface area contributed by atoms with Crippen LogP contribution in [0.15, 0.2) is 78.9 Å². The zero-order valence-electron chi connectivity index (χ0n) is 14.0. The van der Waals surface area contributed by atoms with Gasteiger partial charge in [-0.2, -0.15) is 0 Å². The highest BCUT2D eigenvalue weighted by molar-refractivity contribution is 5.97. The molecule has 24 heavy (non-hydrogen) atoms. The maximum absolute atomic E-state index is 5.06. The lowest BCUT2D eigenvalue weighted by molar-refractivity contribution is 1.31. The third-order valence-corrected chi connectivity index (χ3v) is 4.56. The molecule has 1 heteroatoms. The Labute approximate surface area is 142 Å². The lowest BCUT2D eigenvalue weighted by Crippen LogP contribution is -1.94. The van der Waals surface area contributed by atoms with Crippen molar-refractivity contribution in [2.24, 2.45) is 0 Å². The highest BCUT2D eigenvalue weighted by atomic mass is 14.7. The van der Waals surface area contributed by atoms with E-state index in [4.69, 9.17) is 4.98 Å². The third-order valence-electron chi connectivity index (χ3n) is 4.56. The molecular formula is C23H19N. The molecule has 1 heterocycles. The summed E-state index contributed by atoms with van der Waals surface area (Å²) in [6.07, 6.45) is 0. The van der Waals surface area contributed by atoms with Gasteiger partial charge in [-0.05, 0) is 36.4 Å². The van der Waals surface area contributed by atoms with Crippen LogP contribution in [0.3, 0.4) is 0 Å². The van der Waals surface area contributed by atoms with E-state index < -0.39 is 0 Å². The van der Waals surface area contributed by atoms with Crippen molar-refractivity contribution in [3.63, 3.8) is 0 Å². The lowest BCUT2D eigenvalue weighted by Gasteiger charge is -2.13. The second-order valence-corrected chi connectivity index (χ2v) is 6.21. The first-order valence-electron chi connectivity index (χ1n) is 8.26. The molecule has 0 bridgehead atoms. The van der Waals surface area contributed by atoms with E-state index in [0.717, 1.165) is 11.4 Å². The number of benzene rings is 3. The number of hydrogen-bond acceptors (Lipinski definition) is 1. The summed E-state index contributed by atoms with van der Waals surface area (Å²) < 4.78 is 0. The second-order valence-electron chi connectivity index (χ2n) is 6.21. The largest absolute Gasteiger partial charge is 0.247 e. The number of fused-ring (bicyclic) bond motifs is 1. The van der Waals surface area contributed by atoms with Gasteiger partial charge in [0.05, 0.1) is 11.4 Å². The molecule has 1 nitrogen and oxygen atoms in total. The number of aromatic nitrogens is 1. The molecule has 0 aliphatic carbocycles. The van der Waals surface area contributed by atoms with Crippen LogP contribution in [0.2, 0.25) is 0 Å². The minimum Gasteiger partial charge on any atom is -0.247 e. The van der Waals surface area contributed by atoms with Crippen molar-refractivity contribution in [2.45, 2.75) is 13.8 Å². The van der Waals surface area contributed by atoms with Crippen molar-refractivity contribution >= 4 is 10.8 Å². The molecule has 0 amide bonds. The van der Waals surface area contributed by atoms with Gasteiger partial charge in [0, 0.05) is 16.5 Å². The van der Waals surface area contributed by atoms with Crippen molar-refractivity contribution in [1.29, 1.82) is 0 Å². The minimum atomic E-state index is 1.03. The quantitative estimate of drug-likeness (QED) is 0.430. The van der Waals surface area contributed by atoms with Crippen molar-refractivity contribution in [1.82, 2.24) is 4.98 Å². The first kappa shape index (κ1) is 14.6. The van der Waals surface area contributed by atoms with Crippen LogP contribution < -0.4 is 0 Å². The van der Waals surface area contributed by atoms with E-state index in [1.54, 1.807) is 0 Å². The van der Waals surface area contributed by atoms with E-state index in [1.165, 1.54) is 33.0 Å². The van der Waals surface area contributed by atoms with Gasteiger partial charge in [-0.25, -0.2) is 4.98 Å². The highest BCUT2D eigenvalue weighted by Crippen LogP contribution is 2.33. The molecule has 0 saturated heterocycles. The molecular weight excluding hydrogens is 290 g/mol. The minimum absolute atomic E-state index is 1.03. The fraction of sp³-hybridized carbons (Fsp3) is 0.0870. The molecule has 4 aromatic rings. The van der Waals surface area contributed by atoms with Crippen LogP contribution >= 0.6 is 0 Å². The normalized spacial score (nSPS) is 10.9. The van der Waals surface area contributed by atoms with Crippen molar-refractivity contribution in [3.8, 4) is 22.5 Å². The molecule has 0 aliphatic rings. The van der Waals surface area contributed by atoms with Crippen LogP contribution in [0.25, 0.3) is 33.3 Å². The van der Waals surface area contributed by atoms with E-state index in [2.05, 4.69) is 92.7 Å². The monoisotopic (exact) mass is 309 g/mol. The number of rotatable bonds is 2. The Morgan fingerprint density at radius 1 is 0.625 bits per heavy atom. The Morgan fingerprint density at radius 2 is 1.21 bits per heavy atom. The summed E-state index contributed by atoms with van der Waals surface area (Å²) in [5.74, 6) is 0. The molecule has 116 valence electrons. The average Bonchev–Trinajstić information content (AvgIpc) is 2.62. The lowest BCUT2D eigenvalue weighted by atomic mass is 9.97. The van der Waals surface area contributed by atoms with Crippen LogP contribution in [0, 0.1) is 13.8 Å². The molecule has 0 saturated carbocycles. The summed E-state index contributed by atoms with van der Waals surface area (Å²) in [7, 11) is 0. The van der Waals surface area contributed by atoms with Crippen LogP contribution in [0.1, 0.15) is 11.1 Å². The Hall–Kier alpha value is -2.93. The van der Waals surface area contributed by atoms with Gasteiger partial charge in [0.25, 0.3) is 0 Å². The van der Waals surface area contributed by atoms with E-state index in [1.807, 2.05) is 0 Å². The molecule has 0 spiro atoms. The molecule has 0 aliphatic heterocycles. The molecule has 3 aromatic carbocycles. The fourth-order valence-corrected chi connectivity index (χ4v) is 3.24. The topological polar surface area (TPSA) is 12.9 Å². The van der Waals surface area contributed by atoms with Crippen molar-refractivity contribution in [3.05, 3.63) is 90.0 Å². The van der Waals surface area contributed by atoms with Crippen LogP contribution in [0.4, 0.5) is 0 Å². The number of pyridine rings is 1. The number of hydrogen-bond donors (Lipinski definition) is 0. The van der Waals surface area contributed by atoms with Gasteiger partial charge >= 0.3 is 0 Å². The summed E-state index contributed by atoms with van der Waals surface area (Å²) >= 11 is 0. The summed E-state index contributed by atoms with van der Waals surface area (Å²) in [6, 6.07) is 27.6. The summed E-state index contributed by atoms with van der Waals surface area (Å²) in [4.78, 5) is 5.06. The maximum Gasteiger partial charge on any atom is 0.0790 e. The van der Waals surface area contributed by atoms with Crippen LogP contribution in [-0.4, -0.2) is 4.98 Å². The van der Waals surface area contributed by atoms with Gasteiger partial charge in [-0.3, -0.25) is 0 Å². The van der Waals surface area contributed by atoms with Gasteiger partial charge < -0.3 is 0 Å². The first-order chi connectivity index (χ1) is 11.7. The fourth-order valence-electron chi connectivity index (χ4n) is 3.24. The third kappa shape index (κ3) is 2.48. The SMILES string of the molecule is Cc1ccccc1-c1cc2ccccc2c(-c2ccccc2C)n1. The summed E-state index contributed by atoms with van der Waals surface area (Å²) in [6.45, 7) is 4.28. The molecule has 0 atom stereocenters. The van der Waals surface area contributed by atoms with Gasteiger partial charge in [0.15, 0.2) is 0 Å². The Morgan fingerprint density at radius 3 is 1.92 bits per heavy atom. The van der Waals surface area contributed by atoms with E-state index >= 15 is 0 Å². The Kier molecular flexibility index (Phi) is 3.62. The highest BCUT2D eigenvalue weighted by Gasteiger charge is 2.12. The molecule has 0 N–H and O–H groups in total. The number of nitrogens with zero attached hydrogens (tertiary/aromatic N) is 1. The van der Waals surface area contributed by atoms with E-state index in [0.29, 0.717) is 0 Å². The second kappa shape index (κ2) is 5.93. The predicted molar refractivity (Wildman–Crippen MR) is 102 cm³/mol. The van der Waals surface area contributed by atoms with Crippen molar-refractivity contribution < 1.29 is 0 Å². The molecule has 0 radical (unpaired) electrons. The Balaban J connectivity index is 2.06. The van der Waals surface area contributed by atoms with Crippen LogP contribution in [0.5, 0.6) is 0 Å². The average molecular weight is 309 g/mol. The zero-order valence-corrected chi connectivity index (χ0v) is 14.0. The molecule has 1 aromatic heterocycles. The number of aryl methyl sites for hydroxylation is 2. The van der Waals surface area contributed by atoms with E-state index in [9.17, 15) is 0 Å². The van der Waals surface area contributed by atoms with Crippen molar-refractivity contribution in [2.75, 3.05) is 0 Å². The summed E-state index contributed by atoms with van der Waals surface area (Å²) in [5, 5.41) is 2.42. The maximum atomic E-state index is 5.06.